The molecule has 0 aromatic carbocycles. The molecule has 1 atom stereocenters. The van der Waals surface area contributed by atoms with E-state index in [9.17, 15) is 0 Å². The van der Waals surface area contributed by atoms with Crippen molar-refractivity contribution in [3.8, 4) is 0 Å². The predicted octanol–water partition coefficient (Wildman–Crippen LogP) is 3.56. The minimum Gasteiger partial charge on any atom is -0.314 e. The SMILES string of the molecule is CCC(C)NCC1(CCl)CCCCC1. The van der Waals surface area contributed by atoms with Crippen molar-refractivity contribution in [2.45, 2.75) is 58.4 Å². The molecular weight excluding hydrogens is 194 g/mol. The number of hydrogen-bond donors (Lipinski definition) is 1. The van der Waals surface area contributed by atoms with Crippen LogP contribution in [0.2, 0.25) is 0 Å². The van der Waals surface area contributed by atoms with E-state index < -0.39 is 0 Å². The zero-order chi connectivity index (χ0) is 10.4. The average molecular weight is 218 g/mol. The van der Waals surface area contributed by atoms with Crippen molar-refractivity contribution in [3.63, 3.8) is 0 Å². The Hall–Kier alpha value is 0.250. The number of rotatable bonds is 5. The summed E-state index contributed by atoms with van der Waals surface area (Å²) in [6, 6.07) is 0.636. The van der Waals surface area contributed by atoms with E-state index >= 15 is 0 Å². The smallest absolute Gasteiger partial charge is 0.0292 e. The van der Waals surface area contributed by atoms with Gasteiger partial charge in [0.05, 0.1) is 0 Å². The summed E-state index contributed by atoms with van der Waals surface area (Å²) in [5, 5.41) is 3.61. The summed E-state index contributed by atoms with van der Waals surface area (Å²) in [6.07, 6.45) is 7.99. The van der Waals surface area contributed by atoms with Crippen LogP contribution >= 0.6 is 11.6 Å². The Morgan fingerprint density at radius 1 is 1.29 bits per heavy atom. The van der Waals surface area contributed by atoms with E-state index in [1.165, 1.54) is 38.5 Å². The van der Waals surface area contributed by atoms with E-state index in [1.54, 1.807) is 0 Å². The van der Waals surface area contributed by atoms with Gasteiger partial charge in [-0.1, -0.05) is 26.2 Å². The van der Waals surface area contributed by atoms with Gasteiger partial charge in [-0.15, -0.1) is 11.6 Å². The summed E-state index contributed by atoms with van der Waals surface area (Å²) in [6.45, 7) is 5.60. The number of halogens is 1. The number of nitrogens with one attached hydrogen (secondary N) is 1. The van der Waals surface area contributed by atoms with Gasteiger partial charge in [0.2, 0.25) is 0 Å². The zero-order valence-corrected chi connectivity index (χ0v) is 10.4. The third kappa shape index (κ3) is 3.43. The van der Waals surface area contributed by atoms with E-state index in [-0.39, 0.29) is 0 Å². The fraction of sp³-hybridized carbons (Fsp3) is 1.00. The normalized spacial score (nSPS) is 23.4. The van der Waals surface area contributed by atoms with E-state index in [4.69, 9.17) is 11.6 Å². The first-order chi connectivity index (χ1) is 6.72. The highest BCUT2D eigenvalue weighted by atomic mass is 35.5. The first-order valence-electron chi connectivity index (χ1n) is 6.02. The minimum atomic E-state index is 0.406. The van der Waals surface area contributed by atoms with Crippen molar-refractivity contribution in [2.75, 3.05) is 12.4 Å². The summed E-state index contributed by atoms with van der Waals surface area (Å²) < 4.78 is 0. The first kappa shape index (κ1) is 12.3. The van der Waals surface area contributed by atoms with Crippen LogP contribution in [0.1, 0.15) is 52.4 Å². The molecule has 0 amide bonds. The Morgan fingerprint density at radius 2 is 1.93 bits per heavy atom. The van der Waals surface area contributed by atoms with Gasteiger partial charge in [-0.05, 0) is 31.6 Å². The lowest BCUT2D eigenvalue weighted by Crippen LogP contribution is -2.41. The third-order valence-corrected chi connectivity index (χ3v) is 4.20. The van der Waals surface area contributed by atoms with Crippen molar-refractivity contribution in [2.24, 2.45) is 5.41 Å². The molecule has 0 aliphatic heterocycles. The summed E-state index contributed by atoms with van der Waals surface area (Å²) in [4.78, 5) is 0. The molecule has 84 valence electrons. The molecule has 1 saturated carbocycles. The summed E-state index contributed by atoms with van der Waals surface area (Å²) >= 11 is 6.12. The predicted molar refractivity (Wildman–Crippen MR) is 64.0 cm³/mol. The second-order valence-corrected chi connectivity index (χ2v) is 5.15. The molecule has 0 heterocycles. The molecule has 0 aromatic rings. The highest BCUT2D eigenvalue weighted by molar-refractivity contribution is 6.18. The van der Waals surface area contributed by atoms with Crippen LogP contribution in [0.5, 0.6) is 0 Å². The van der Waals surface area contributed by atoms with Gasteiger partial charge >= 0.3 is 0 Å². The van der Waals surface area contributed by atoms with Gasteiger partial charge in [0.15, 0.2) is 0 Å². The standard InChI is InChI=1S/C12H24ClN/c1-3-11(2)14-10-12(9-13)7-5-4-6-8-12/h11,14H,3-10H2,1-2H3. The van der Waals surface area contributed by atoms with Crippen molar-refractivity contribution < 1.29 is 0 Å². The maximum Gasteiger partial charge on any atom is 0.0292 e. The monoisotopic (exact) mass is 217 g/mol. The van der Waals surface area contributed by atoms with Gasteiger partial charge in [0, 0.05) is 18.5 Å². The highest BCUT2D eigenvalue weighted by Gasteiger charge is 2.30. The van der Waals surface area contributed by atoms with E-state index in [1.807, 2.05) is 0 Å². The van der Waals surface area contributed by atoms with E-state index in [0.29, 0.717) is 11.5 Å². The molecule has 2 heteroatoms. The van der Waals surface area contributed by atoms with Crippen LogP contribution in [0.25, 0.3) is 0 Å². The quantitative estimate of drug-likeness (QED) is 0.695. The van der Waals surface area contributed by atoms with E-state index in [0.717, 1.165) is 12.4 Å². The molecule has 1 rings (SSSR count). The Balaban J connectivity index is 2.36. The first-order valence-corrected chi connectivity index (χ1v) is 6.55. The molecule has 1 aliphatic rings. The number of hydrogen-bond acceptors (Lipinski definition) is 1. The zero-order valence-electron chi connectivity index (χ0n) is 9.61. The highest BCUT2D eigenvalue weighted by Crippen LogP contribution is 2.36. The average Bonchev–Trinajstić information content (AvgIpc) is 2.27. The molecule has 0 aromatic heterocycles. The maximum atomic E-state index is 6.12. The molecule has 0 radical (unpaired) electrons. The molecule has 0 saturated heterocycles. The van der Waals surface area contributed by atoms with Crippen LogP contribution in [0.3, 0.4) is 0 Å². The Morgan fingerprint density at radius 3 is 2.43 bits per heavy atom. The second-order valence-electron chi connectivity index (χ2n) is 4.88. The van der Waals surface area contributed by atoms with Crippen LogP contribution < -0.4 is 5.32 Å². The molecule has 0 spiro atoms. The summed E-state index contributed by atoms with van der Waals surface area (Å²) in [5.74, 6) is 0.830. The molecule has 1 aliphatic carbocycles. The molecule has 1 N–H and O–H groups in total. The fourth-order valence-corrected chi connectivity index (χ4v) is 2.56. The van der Waals surface area contributed by atoms with Crippen LogP contribution in [0.15, 0.2) is 0 Å². The molecule has 14 heavy (non-hydrogen) atoms. The lowest BCUT2D eigenvalue weighted by molar-refractivity contribution is 0.205. The van der Waals surface area contributed by atoms with Crippen molar-refractivity contribution in [3.05, 3.63) is 0 Å². The topological polar surface area (TPSA) is 12.0 Å². The Labute approximate surface area is 93.6 Å². The van der Waals surface area contributed by atoms with Crippen LogP contribution in [-0.2, 0) is 0 Å². The Bertz CT molecular complexity index is 152. The second kappa shape index (κ2) is 5.97. The lowest BCUT2D eigenvalue weighted by Gasteiger charge is -2.36. The summed E-state index contributed by atoms with van der Waals surface area (Å²) in [5.41, 5.74) is 0.406. The van der Waals surface area contributed by atoms with Gasteiger partial charge in [0.1, 0.15) is 0 Å². The lowest BCUT2D eigenvalue weighted by atomic mass is 9.75. The number of alkyl halides is 1. The molecule has 1 fully saturated rings. The van der Waals surface area contributed by atoms with Crippen molar-refractivity contribution in [1.29, 1.82) is 0 Å². The molecule has 0 bridgehead atoms. The molecular formula is C12H24ClN. The Kier molecular flexibility index (Phi) is 5.25. The van der Waals surface area contributed by atoms with Gasteiger partial charge in [-0.25, -0.2) is 0 Å². The van der Waals surface area contributed by atoms with Crippen molar-refractivity contribution >= 4 is 11.6 Å². The maximum absolute atomic E-state index is 6.12. The van der Waals surface area contributed by atoms with Crippen LogP contribution in [0, 0.1) is 5.41 Å². The largest absolute Gasteiger partial charge is 0.314 e. The molecule has 1 unspecified atom stereocenters. The van der Waals surface area contributed by atoms with Crippen LogP contribution in [-0.4, -0.2) is 18.5 Å². The van der Waals surface area contributed by atoms with Crippen LogP contribution in [0.4, 0.5) is 0 Å². The van der Waals surface area contributed by atoms with Gasteiger partial charge in [-0.3, -0.25) is 0 Å². The fourth-order valence-electron chi connectivity index (χ4n) is 2.19. The minimum absolute atomic E-state index is 0.406. The van der Waals surface area contributed by atoms with Crippen molar-refractivity contribution in [1.82, 2.24) is 5.32 Å². The van der Waals surface area contributed by atoms with Gasteiger partial charge in [-0.2, -0.15) is 0 Å². The van der Waals surface area contributed by atoms with Gasteiger partial charge in [0.25, 0.3) is 0 Å². The van der Waals surface area contributed by atoms with E-state index in [2.05, 4.69) is 19.2 Å². The third-order valence-electron chi connectivity index (χ3n) is 3.64. The summed E-state index contributed by atoms with van der Waals surface area (Å²) in [7, 11) is 0. The molecule has 1 nitrogen and oxygen atoms in total. The van der Waals surface area contributed by atoms with Gasteiger partial charge < -0.3 is 5.32 Å².